The average molecular weight is 296 g/mol. The van der Waals surface area contributed by atoms with E-state index in [0.29, 0.717) is 10.8 Å². The molecule has 1 heterocycles. The monoisotopic (exact) mass is 295 g/mol. The maximum atomic E-state index is 11.7. The van der Waals surface area contributed by atoms with E-state index in [1.54, 1.807) is 30.3 Å². The van der Waals surface area contributed by atoms with Crippen LogP contribution in [0.1, 0.15) is 17.2 Å². The van der Waals surface area contributed by atoms with Gasteiger partial charge in [-0.2, -0.15) is 13.1 Å². The van der Waals surface area contributed by atoms with Crippen LogP contribution in [-0.4, -0.2) is 8.42 Å². The molecule has 3 rings (SSSR count). The molecular weight excluding hydrogens is 286 g/mol. The van der Waals surface area contributed by atoms with Crippen LogP contribution in [-0.2, 0) is 10.3 Å². The highest BCUT2D eigenvalue weighted by Crippen LogP contribution is 2.35. The Morgan fingerprint density at radius 1 is 1.11 bits per heavy atom. The first-order valence-corrected chi connectivity index (χ1v) is 7.40. The molecule has 98 valence electrons. The Morgan fingerprint density at radius 2 is 1.89 bits per heavy atom. The molecule has 1 aliphatic rings. The fourth-order valence-electron chi connectivity index (χ4n) is 2.08. The lowest BCUT2D eigenvalue weighted by molar-refractivity contribution is 0.442. The minimum absolute atomic E-state index is 0.339. The van der Waals surface area contributed by atoms with E-state index in [2.05, 4.69) is 4.72 Å². The molecule has 0 saturated carbocycles. The summed E-state index contributed by atoms with van der Waals surface area (Å²) >= 11 is 5.95. The van der Waals surface area contributed by atoms with Crippen LogP contribution in [0.4, 0.5) is 0 Å². The molecule has 0 bridgehead atoms. The number of hydrogen-bond donors (Lipinski definition) is 1. The predicted molar refractivity (Wildman–Crippen MR) is 72.4 cm³/mol. The first kappa shape index (κ1) is 12.5. The van der Waals surface area contributed by atoms with E-state index < -0.39 is 16.3 Å². The van der Waals surface area contributed by atoms with Crippen LogP contribution in [0.2, 0.25) is 5.02 Å². The Bertz CT molecular complexity index is 730. The summed E-state index contributed by atoms with van der Waals surface area (Å²) in [5.74, 6) is 0.339. The standard InChI is InChI=1S/C13H10ClNO3S/c14-10-5-3-4-9(8-10)13-11-6-1-2-7-12(11)18-19(16,17)15-13/h1-8,13,15H/t13-/m1/s1. The van der Waals surface area contributed by atoms with Crippen molar-refractivity contribution < 1.29 is 12.6 Å². The molecule has 6 heteroatoms. The SMILES string of the molecule is O=S1(=O)N[C@H](c2cccc(Cl)c2)c2ccccc2O1. The van der Waals surface area contributed by atoms with Gasteiger partial charge in [0.25, 0.3) is 0 Å². The van der Waals surface area contributed by atoms with Gasteiger partial charge in [-0.05, 0) is 23.8 Å². The number of rotatable bonds is 1. The molecular formula is C13H10ClNO3S. The highest BCUT2D eigenvalue weighted by molar-refractivity contribution is 7.85. The highest BCUT2D eigenvalue weighted by Gasteiger charge is 2.31. The minimum atomic E-state index is -3.80. The number of halogens is 1. The van der Waals surface area contributed by atoms with Crippen LogP contribution in [0, 0.1) is 0 Å². The van der Waals surface area contributed by atoms with Crippen molar-refractivity contribution in [2.75, 3.05) is 0 Å². The minimum Gasteiger partial charge on any atom is -0.371 e. The maximum absolute atomic E-state index is 11.7. The zero-order chi connectivity index (χ0) is 13.5. The number of hydrogen-bond acceptors (Lipinski definition) is 3. The second kappa shape index (κ2) is 4.52. The zero-order valence-corrected chi connectivity index (χ0v) is 11.3. The first-order chi connectivity index (χ1) is 9.05. The van der Waals surface area contributed by atoms with Crippen LogP contribution in [0.25, 0.3) is 0 Å². The van der Waals surface area contributed by atoms with Crippen LogP contribution in [0.3, 0.4) is 0 Å². The summed E-state index contributed by atoms with van der Waals surface area (Å²) in [5.41, 5.74) is 1.53. The van der Waals surface area contributed by atoms with Crippen molar-refractivity contribution in [1.82, 2.24) is 4.72 Å². The fourth-order valence-corrected chi connectivity index (χ4v) is 3.27. The summed E-state index contributed by atoms with van der Waals surface area (Å²) < 4.78 is 30.8. The molecule has 0 unspecified atom stereocenters. The molecule has 19 heavy (non-hydrogen) atoms. The van der Waals surface area contributed by atoms with Gasteiger partial charge in [0.15, 0.2) is 0 Å². The van der Waals surface area contributed by atoms with E-state index in [1.165, 1.54) is 0 Å². The van der Waals surface area contributed by atoms with Gasteiger partial charge in [0.05, 0.1) is 6.04 Å². The third-order valence-electron chi connectivity index (χ3n) is 2.87. The Balaban J connectivity index is 2.16. The summed E-state index contributed by atoms with van der Waals surface area (Å²) in [5, 5.41) is 0.556. The second-order valence-corrected chi connectivity index (χ2v) is 5.93. The smallest absolute Gasteiger partial charge is 0.371 e. The first-order valence-electron chi connectivity index (χ1n) is 5.61. The van der Waals surface area contributed by atoms with Gasteiger partial charge in [0.2, 0.25) is 0 Å². The molecule has 1 atom stereocenters. The summed E-state index contributed by atoms with van der Waals surface area (Å²) in [6.07, 6.45) is 0. The van der Waals surface area contributed by atoms with Crippen molar-refractivity contribution in [3.05, 3.63) is 64.7 Å². The average Bonchev–Trinajstić information content (AvgIpc) is 2.36. The van der Waals surface area contributed by atoms with E-state index in [4.69, 9.17) is 15.8 Å². The molecule has 0 aliphatic carbocycles. The van der Waals surface area contributed by atoms with Crippen LogP contribution in [0.5, 0.6) is 5.75 Å². The van der Waals surface area contributed by atoms with Crippen molar-refractivity contribution in [2.45, 2.75) is 6.04 Å². The molecule has 0 radical (unpaired) electrons. The van der Waals surface area contributed by atoms with Gasteiger partial charge >= 0.3 is 10.3 Å². The number of nitrogens with one attached hydrogen (secondary N) is 1. The maximum Gasteiger partial charge on any atom is 0.383 e. The van der Waals surface area contributed by atoms with Crippen LogP contribution < -0.4 is 8.91 Å². The van der Waals surface area contributed by atoms with Crippen molar-refractivity contribution in [2.24, 2.45) is 0 Å². The molecule has 2 aromatic carbocycles. The number of para-hydroxylation sites is 1. The van der Waals surface area contributed by atoms with E-state index in [-0.39, 0.29) is 0 Å². The molecule has 0 fully saturated rings. The van der Waals surface area contributed by atoms with E-state index in [9.17, 15) is 8.42 Å². The van der Waals surface area contributed by atoms with Crippen LogP contribution >= 0.6 is 11.6 Å². The van der Waals surface area contributed by atoms with Crippen LogP contribution in [0.15, 0.2) is 48.5 Å². The zero-order valence-electron chi connectivity index (χ0n) is 9.71. The van der Waals surface area contributed by atoms with Crippen molar-refractivity contribution in [3.8, 4) is 5.75 Å². The molecule has 0 aromatic heterocycles. The topological polar surface area (TPSA) is 55.4 Å². The molecule has 0 spiro atoms. The fraction of sp³-hybridized carbons (Fsp3) is 0.0769. The second-order valence-electron chi connectivity index (χ2n) is 4.18. The predicted octanol–water partition coefficient (Wildman–Crippen LogP) is 2.66. The Kier molecular flexibility index (Phi) is 2.97. The van der Waals surface area contributed by atoms with Gasteiger partial charge in [0.1, 0.15) is 5.75 Å². The van der Waals surface area contributed by atoms with Crippen molar-refractivity contribution in [1.29, 1.82) is 0 Å². The summed E-state index contributed by atoms with van der Waals surface area (Å²) in [6.45, 7) is 0. The van der Waals surface area contributed by atoms with E-state index in [0.717, 1.165) is 11.1 Å². The lowest BCUT2D eigenvalue weighted by Crippen LogP contribution is -2.37. The number of fused-ring (bicyclic) bond motifs is 1. The van der Waals surface area contributed by atoms with Gasteiger partial charge in [-0.15, -0.1) is 0 Å². The molecule has 4 nitrogen and oxygen atoms in total. The lowest BCUT2D eigenvalue weighted by atomic mass is 9.99. The summed E-state index contributed by atoms with van der Waals surface area (Å²) in [4.78, 5) is 0. The quantitative estimate of drug-likeness (QED) is 0.880. The lowest BCUT2D eigenvalue weighted by Gasteiger charge is -2.26. The molecule has 2 aromatic rings. The largest absolute Gasteiger partial charge is 0.383 e. The Labute approximate surface area is 116 Å². The third kappa shape index (κ3) is 2.45. The van der Waals surface area contributed by atoms with Gasteiger partial charge in [-0.25, -0.2) is 0 Å². The van der Waals surface area contributed by atoms with Gasteiger partial charge < -0.3 is 4.18 Å². The molecule has 1 N–H and O–H groups in total. The molecule has 0 amide bonds. The van der Waals surface area contributed by atoms with E-state index >= 15 is 0 Å². The summed E-state index contributed by atoms with van der Waals surface area (Å²) in [6, 6.07) is 13.6. The van der Waals surface area contributed by atoms with E-state index in [1.807, 2.05) is 18.2 Å². The molecule has 0 saturated heterocycles. The normalized spacial score (nSPS) is 20.4. The van der Waals surface area contributed by atoms with Gasteiger partial charge in [0, 0.05) is 10.6 Å². The van der Waals surface area contributed by atoms with Crippen molar-refractivity contribution in [3.63, 3.8) is 0 Å². The third-order valence-corrected chi connectivity index (χ3v) is 4.03. The Morgan fingerprint density at radius 3 is 2.68 bits per heavy atom. The van der Waals surface area contributed by atoms with Crippen molar-refractivity contribution >= 4 is 21.9 Å². The number of benzene rings is 2. The van der Waals surface area contributed by atoms with Gasteiger partial charge in [-0.3, -0.25) is 0 Å². The highest BCUT2D eigenvalue weighted by atomic mass is 35.5. The summed E-state index contributed by atoms with van der Waals surface area (Å²) in [7, 11) is -3.80. The Hall–Kier alpha value is -1.56. The molecule has 1 aliphatic heterocycles. The van der Waals surface area contributed by atoms with Gasteiger partial charge in [-0.1, -0.05) is 41.9 Å².